The Hall–Kier alpha value is -3.03. The summed E-state index contributed by atoms with van der Waals surface area (Å²) >= 11 is 0. The molecule has 3 aromatic rings. The topological polar surface area (TPSA) is 101 Å². The highest BCUT2D eigenvalue weighted by molar-refractivity contribution is 5.95. The third-order valence-electron chi connectivity index (χ3n) is 7.14. The van der Waals surface area contributed by atoms with E-state index in [4.69, 9.17) is 0 Å². The van der Waals surface area contributed by atoms with Gasteiger partial charge in [0.15, 0.2) is 6.33 Å². The molecule has 4 saturated carbocycles. The van der Waals surface area contributed by atoms with Gasteiger partial charge in [0.25, 0.3) is 5.91 Å². The summed E-state index contributed by atoms with van der Waals surface area (Å²) in [6, 6.07) is 9.62. The lowest BCUT2D eigenvalue weighted by molar-refractivity contribution is -0.0810. The zero-order valence-corrected chi connectivity index (χ0v) is 16.1. The number of nitrogens with zero attached hydrogens (tertiary/aromatic N) is 5. The van der Waals surface area contributed by atoms with Crippen LogP contribution in [0, 0.1) is 11.8 Å². The molecule has 2 aromatic heterocycles. The molecule has 4 aliphatic rings. The van der Waals surface area contributed by atoms with Crippen molar-refractivity contribution in [1.29, 1.82) is 0 Å². The number of hydrogen-bond donors (Lipinski definition) is 2. The second-order valence-electron chi connectivity index (χ2n) is 9.19. The first-order valence-corrected chi connectivity index (χ1v) is 10.3. The summed E-state index contributed by atoms with van der Waals surface area (Å²) in [6.07, 6.45) is 9.69. The number of hydrogen-bond acceptors (Lipinski definition) is 5. The zero-order valence-electron chi connectivity index (χ0n) is 16.1. The van der Waals surface area contributed by atoms with Gasteiger partial charge in [-0.2, -0.15) is 9.90 Å². The van der Waals surface area contributed by atoms with Crippen molar-refractivity contribution in [3.05, 3.63) is 48.4 Å². The maximum atomic E-state index is 13.1. The summed E-state index contributed by atoms with van der Waals surface area (Å²) in [4.78, 5) is 15.0. The lowest BCUT2D eigenvalue weighted by Crippen LogP contribution is -2.66. The van der Waals surface area contributed by atoms with Crippen LogP contribution in [0.15, 0.2) is 42.9 Å². The SMILES string of the molecule is O=C(NC12CC3CC(C1)CC(n1ncnn1)(C3)C2)c1ccc(-c2ccn[nH]2)cc1. The monoisotopic (exact) mass is 389 g/mol. The Labute approximate surface area is 168 Å². The van der Waals surface area contributed by atoms with Gasteiger partial charge in [0.1, 0.15) is 0 Å². The van der Waals surface area contributed by atoms with Crippen LogP contribution >= 0.6 is 0 Å². The number of nitrogens with one attached hydrogen (secondary N) is 2. The summed E-state index contributed by atoms with van der Waals surface area (Å²) in [5.74, 6) is 1.24. The summed E-state index contributed by atoms with van der Waals surface area (Å²) < 4.78 is 0. The number of amides is 1. The molecule has 29 heavy (non-hydrogen) atoms. The minimum atomic E-state index is -0.170. The molecular weight excluding hydrogens is 366 g/mol. The Morgan fingerprint density at radius 2 is 1.90 bits per heavy atom. The number of benzene rings is 1. The van der Waals surface area contributed by atoms with Crippen molar-refractivity contribution in [2.24, 2.45) is 11.8 Å². The lowest BCUT2D eigenvalue weighted by Gasteiger charge is -2.61. The van der Waals surface area contributed by atoms with E-state index >= 15 is 0 Å². The normalized spacial score (nSPS) is 32.4. The molecule has 8 nitrogen and oxygen atoms in total. The largest absolute Gasteiger partial charge is 0.346 e. The van der Waals surface area contributed by atoms with Crippen molar-refractivity contribution >= 4 is 5.91 Å². The zero-order chi connectivity index (χ0) is 19.5. The second kappa shape index (κ2) is 5.98. The van der Waals surface area contributed by atoms with E-state index in [0.717, 1.165) is 43.4 Å². The highest BCUT2D eigenvalue weighted by Gasteiger charge is 2.60. The number of aromatic amines is 1. The van der Waals surface area contributed by atoms with Crippen molar-refractivity contribution in [3.8, 4) is 11.3 Å². The fraction of sp³-hybridized carbons (Fsp3) is 0.476. The highest BCUT2D eigenvalue weighted by atomic mass is 16.1. The molecule has 0 aliphatic heterocycles. The van der Waals surface area contributed by atoms with E-state index in [1.165, 1.54) is 12.7 Å². The van der Waals surface area contributed by atoms with Crippen LogP contribution in [0.25, 0.3) is 11.3 Å². The van der Waals surface area contributed by atoms with Crippen LogP contribution in [-0.4, -0.2) is 41.9 Å². The number of rotatable bonds is 4. The molecule has 148 valence electrons. The number of carbonyl (C=O) groups excluding carboxylic acids is 1. The van der Waals surface area contributed by atoms with Gasteiger partial charge in [0, 0.05) is 17.3 Å². The van der Waals surface area contributed by atoms with Gasteiger partial charge in [-0.1, -0.05) is 12.1 Å². The average molecular weight is 389 g/mol. The van der Waals surface area contributed by atoms with Gasteiger partial charge < -0.3 is 5.32 Å². The fourth-order valence-corrected chi connectivity index (χ4v) is 6.51. The molecule has 4 fully saturated rings. The number of carbonyl (C=O) groups is 1. The second-order valence-corrected chi connectivity index (χ2v) is 9.19. The Bertz CT molecular complexity index is 1010. The van der Waals surface area contributed by atoms with Gasteiger partial charge >= 0.3 is 0 Å². The van der Waals surface area contributed by atoms with E-state index in [-0.39, 0.29) is 17.0 Å². The predicted octanol–water partition coefficient (Wildman–Crippen LogP) is 2.54. The Balaban J connectivity index is 1.26. The molecule has 2 atom stereocenters. The maximum Gasteiger partial charge on any atom is 0.251 e. The molecule has 0 radical (unpaired) electrons. The maximum absolute atomic E-state index is 13.1. The molecule has 8 heteroatoms. The molecule has 0 spiro atoms. The molecule has 1 aromatic carbocycles. The minimum absolute atomic E-state index is 0.00445. The van der Waals surface area contributed by atoms with Gasteiger partial charge in [0.05, 0.1) is 11.2 Å². The number of H-pyrrole nitrogens is 1. The van der Waals surface area contributed by atoms with E-state index in [1.54, 1.807) is 6.20 Å². The highest BCUT2D eigenvalue weighted by Crippen LogP contribution is 2.60. The van der Waals surface area contributed by atoms with Crippen LogP contribution in [0.2, 0.25) is 0 Å². The van der Waals surface area contributed by atoms with E-state index in [0.29, 0.717) is 17.4 Å². The van der Waals surface area contributed by atoms with Gasteiger partial charge in [-0.15, -0.1) is 10.2 Å². The third kappa shape index (κ3) is 2.69. The number of aromatic nitrogens is 6. The van der Waals surface area contributed by atoms with Crippen LogP contribution in [0.3, 0.4) is 0 Å². The quantitative estimate of drug-likeness (QED) is 0.714. The van der Waals surface area contributed by atoms with Crippen LogP contribution < -0.4 is 5.32 Å². The summed E-state index contributed by atoms with van der Waals surface area (Å²) in [5.41, 5.74) is 2.39. The molecule has 1 amide bonds. The molecular formula is C21H23N7O. The molecule has 0 saturated heterocycles. The van der Waals surface area contributed by atoms with Crippen LogP contribution in [0.4, 0.5) is 0 Å². The van der Waals surface area contributed by atoms with Crippen LogP contribution in [0.5, 0.6) is 0 Å². The molecule has 2 N–H and O–H groups in total. The van der Waals surface area contributed by atoms with Crippen LogP contribution in [0.1, 0.15) is 48.9 Å². The van der Waals surface area contributed by atoms with Crippen molar-refractivity contribution in [1.82, 2.24) is 35.7 Å². The first kappa shape index (κ1) is 16.9. The Morgan fingerprint density at radius 1 is 1.10 bits per heavy atom. The van der Waals surface area contributed by atoms with E-state index < -0.39 is 0 Å². The average Bonchev–Trinajstić information content (AvgIpc) is 3.41. The van der Waals surface area contributed by atoms with Gasteiger partial charge in [-0.05, 0) is 79.3 Å². The fourth-order valence-electron chi connectivity index (χ4n) is 6.51. The lowest BCUT2D eigenvalue weighted by atomic mass is 9.50. The van der Waals surface area contributed by atoms with Crippen LogP contribution in [-0.2, 0) is 5.54 Å². The van der Waals surface area contributed by atoms with Crippen molar-refractivity contribution in [2.75, 3.05) is 0 Å². The van der Waals surface area contributed by atoms with Crippen molar-refractivity contribution in [2.45, 2.75) is 49.6 Å². The smallest absolute Gasteiger partial charge is 0.251 e. The van der Waals surface area contributed by atoms with E-state index in [2.05, 4.69) is 30.9 Å². The molecule has 2 heterocycles. The van der Waals surface area contributed by atoms with Gasteiger partial charge in [-0.3, -0.25) is 9.89 Å². The van der Waals surface area contributed by atoms with E-state index in [9.17, 15) is 4.79 Å². The van der Waals surface area contributed by atoms with Crippen molar-refractivity contribution in [3.63, 3.8) is 0 Å². The number of tetrazole rings is 1. The summed E-state index contributed by atoms with van der Waals surface area (Å²) in [6.45, 7) is 0. The molecule has 4 bridgehead atoms. The molecule has 2 unspecified atom stereocenters. The minimum Gasteiger partial charge on any atom is -0.346 e. The standard InChI is InChI=1S/C21H23N7O/c29-19(17-3-1-16(2-4-17)18-5-6-22-26-18)25-20-8-14-7-15(9-20)11-21(10-14,12-20)28-24-13-23-27-28/h1-6,13-15H,7-12H2,(H,22,26)(H,25,29). The first-order chi connectivity index (χ1) is 14.1. The first-order valence-electron chi connectivity index (χ1n) is 10.3. The summed E-state index contributed by atoms with van der Waals surface area (Å²) in [5, 5.41) is 22.9. The Kier molecular flexibility index (Phi) is 3.48. The van der Waals surface area contributed by atoms with Gasteiger partial charge in [0.2, 0.25) is 0 Å². The molecule has 4 aliphatic carbocycles. The Morgan fingerprint density at radius 3 is 2.55 bits per heavy atom. The van der Waals surface area contributed by atoms with E-state index in [1.807, 2.05) is 35.1 Å². The predicted molar refractivity (Wildman–Crippen MR) is 105 cm³/mol. The van der Waals surface area contributed by atoms with Crippen molar-refractivity contribution < 1.29 is 4.79 Å². The third-order valence-corrected chi connectivity index (χ3v) is 7.14. The molecule has 7 rings (SSSR count). The van der Waals surface area contributed by atoms with Gasteiger partial charge in [-0.25, -0.2) is 0 Å². The summed E-state index contributed by atoms with van der Waals surface area (Å²) in [7, 11) is 0.